The highest BCUT2D eigenvalue weighted by Crippen LogP contribution is 2.08. The predicted molar refractivity (Wildman–Crippen MR) is 79.3 cm³/mol. The first-order valence-electron chi connectivity index (χ1n) is 7.77. The summed E-state index contributed by atoms with van der Waals surface area (Å²) in [6, 6.07) is 0. The fraction of sp³-hybridized carbons (Fsp3) is 0.875. The maximum Gasteiger partial charge on any atom is -0.00773 e. The minimum atomic E-state index is 0.859. The van der Waals surface area contributed by atoms with Crippen molar-refractivity contribution in [3.05, 3.63) is 12.2 Å². The molecule has 0 spiro atoms. The molecule has 17 heavy (non-hydrogen) atoms. The Kier molecular flexibility index (Phi) is 15.4. The van der Waals surface area contributed by atoms with Gasteiger partial charge in [0, 0.05) is 0 Å². The van der Waals surface area contributed by atoms with Gasteiger partial charge in [0.15, 0.2) is 0 Å². The highest BCUT2D eigenvalue weighted by molar-refractivity contribution is 4.81. The third kappa shape index (κ3) is 15.7. The molecular weight excluding hydrogens is 206 g/mol. The van der Waals surface area contributed by atoms with E-state index in [9.17, 15) is 0 Å². The van der Waals surface area contributed by atoms with Crippen LogP contribution in [-0.2, 0) is 0 Å². The molecule has 0 unspecified atom stereocenters. The van der Waals surface area contributed by atoms with E-state index in [1.54, 1.807) is 0 Å². The molecule has 102 valence electrons. The molecule has 0 heterocycles. The first-order chi connectivity index (χ1) is 8.41. The number of unbranched alkanes of at least 4 members (excludes halogenated alkanes) is 10. The van der Waals surface area contributed by atoms with Gasteiger partial charge < -0.3 is 5.73 Å². The van der Waals surface area contributed by atoms with Gasteiger partial charge >= 0.3 is 0 Å². The van der Waals surface area contributed by atoms with E-state index >= 15 is 0 Å². The van der Waals surface area contributed by atoms with Crippen molar-refractivity contribution in [1.29, 1.82) is 0 Å². The van der Waals surface area contributed by atoms with Gasteiger partial charge in [-0.15, -0.1) is 0 Å². The average Bonchev–Trinajstić information content (AvgIpc) is 2.35. The van der Waals surface area contributed by atoms with Crippen molar-refractivity contribution in [1.82, 2.24) is 0 Å². The van der Waals surface area contributed by atoms with Crippen LogP contribution in [0.25, 0.3) is 0 Å². The van der Waals surface area contributed by atoms with E-state index in [4.69, 9.17) is 5.73 Å². The van der Waals surface area contributed by atoms with Crippen molar-refractivity contribution in [2.45, 2.75) is 84.0 Å². The molecule has 0 bridgehead atoms. The monoisotopic (exact) mass is 239 g/mol. The van der Waals surface area contributed by atoms with Crippen molar-refractivity contribution in [2.75, 3.05) is 6.54 Å². The zero-order chi connectivity index (χ0) is 12.6. The average molecular weight is 239 g/mol. The van der Waals surface area contributed by atoms with Crippen LogP contribution < -0.4 is 5.73 Å². The first kappa shape index (κ1) is 16.7. The summed E-state index contributed by atoms with van der Waals surface area (Å²) in [7, 11) is 0. The molecule has 1 nitrogen and oxygen atoms in total. The molecule has 0 saturated carbocycles. The predicted octanol–water partition coefficient (Wildman–Crippen LogP) is 5.20. The van der Waals surface area contributed by atoms with E-state index in [1.165, 1.54) is 77.0 Å². The lowest BCUT2D eigenvalue weighted by Gasteiger charge is -1.98. The van der Waals surface area contributed by atoms with Crippen LogP contribution in [-0.4, -0.2) is 6.54 Å². The Bertz CT molecular complexity index is 152. The summed E-state index contributed by atoms with van der Waals surface area (Å²) in [6.45, 7) is 3.13. The quantitative estimate of drug-likeness (QED) is 0.347. The fourth-order valence-corrected chi connectivity index (χ4v) is 2.04. The Labute approximate surface area is 109 Å². The maximum absolute atomic E-state index is 5.46. The van der Waals surface area contributed by atoms with Gasteiger partial charge in [0.05, 0.1) is 0 Å². The minimum Gasteiger partial charge on any atom is -0.330 e. The Balaban J connectivity index is 2.99. The summed E-state index contributed by atoms with van der Waals surface area (Å²) in [5.74, 6) is 0. The zero-order valence-electron chi connectivity index (χ0n) is 11.9. The minimum absolute atomic E-state index is 0.859. The normalized spacial score (nSPS) is 11.4. The Morgan fingerprint density at radius 1 is 0.647 bits per heavy atom. The summed E-state index contributed by atoms with van der Waals surface area (Å²) in [4.78, 5) is 0. The molecule has 0 rings (SSSR count). The standard InChI is InChI=1S/C16H33N/c1-2-3-4-5-6-7-8-9-10-11-12-13-14-15-16-17/h8-9H,2-7,10-17H2,1H3/b9-8+. The second-order valence-electron chi connectivity index (χ2n) is 5.02. The van der Waals surface area contributed by atoms with Gasteiger partial charge in [-0.1, -0.05) is 64.0 Å². The molecular formula is C16H33N. The lowest BCUT2D eigenvalue weighted by atomic mass is 10.1. The second-order valence-corrected chi connectivity index (χ2v) is 5.02. The summed E-state index contributed by atoms with van der Waals surface area (Å²) >= 11 is 0. The van der Waals surface area contributed by atoms with Crippen molar-refractivity contribution in [2.24, 2.45) is 5.73 Å². The molecule has 0 amide bonds. The lowest BCUT2D eigenvalue weighted by Crippen LogP contribution is -1.97. The Morgan fingerprint density at radius 2 is 1.12 bits per heavy atom. The molecule has 0 aromatic carbocycles. The molecule has 0 radical (unpaired) electrons. The zero-order valence-corrected chi connectivity index (χ0v) is 11.9. The van der Waals surface area contributed by atoms with Crippen LogP contribution in [0.1, 0.15) is 84.0 Å². The van der Waals surface area contributed by atoms with Gasteiger partial charge in [0.25, 0.3) is 0 Å². The highest BCUT2D eigenvalue weighted by Gasteiger charge is 1.89. The Hall–Kier alpha value is -0.300. The van der Waals surface area contributed by atoms with Crippen LogP contribution in [0.3, 0.4) is 0 Å². The van der Waals surface area contributed by atoms with Gasteiger partial charge in [-0.05, 0) is 38.6 Å². The lowest BCUT2D eigenvalue weighted by molar-refractivity contribution is 0.620. The topological polar surface area (TPSA) is 26.0 Å². The van der Waals surface area contributed by atoms with Crippen LogP contribution in [0.15, 0.2) is 12.2 Å². The van der Waals surface area contributed by atoms with Gasteiger partial charge in [-0.2, -0.15) is 0 Å². The van der Waals surface area contributed by atoms with Crippen LogP contribution in [0.4, 0.5) is 0 Å². The largest absolute Gasteiger partial charge is 0.330 e. The number of rotatable bonds is 13. The molecule has 0 aromatic heterocycles. The Morgan fingerprint density at radius 3 is 1.65 bits per heavy atom. The number of hydrogen-bond donors (Lipinski definition) is 1. The van der Waals surface area contributed by atoms with Crippen molar-refractivity contribution >= 4 is 0 Å². The third-order valence-corrected chi connectivity index (χ3v) is 3.22. The van der Waals surface area contributed by atoms with Crippen molar-refractivity contribution in [3.8, 4) is 0 Å². The van der Waals surface area contributed by atoms with Crippen LogP contribution in [0, 0.1) is 0 Å². The molecule has 0 aliphatic rings. The smallest absolute Gasteiger partial charge is 0.00773 e. The maximum atomic E-state index is 5.46. The number of nitrogens with two attached hydrogens (primary N) is 1. The summed E-state index contributed by atoms with van der Waals surface area (Å²) in [5, 5.41) is 0. The van der Waals surface area contributed by atoms with E-state index < -0.39 is 0 Å². The molecule has 2 N–H and O–H groups in total. The van der Waals surface area contributed by atoms with Crippen LogP contribution in [0.2, 0.25) is 0 Å². The second kappa shape index (κ2) is 15.7. The molecule has 0 fully saturated rings. The first-order valence-corrected chi connectivity index (χ1v) is 7.77. The molecule has 0 atom stereocenters. The van der Waals surface area contributed by atoms with E-state index in [-0.39, 0.29) is 0 Å². The summed E-state index contributed by atoms with van der Waals surface area (Å²) in [5.41, 5.74) is 5.46. The van der Waals surface area contributed by atoms with Crippen molar-refractivity contribution in [3.63, 3.8) is 0 Å². The van der Waals surface area contributed by atoms with Gasteiger partial charge in [0.2, 0.25) is 0 Å². The van der Waals surface area contributed by atoms with Gasteiger partial charge in [-0.3, -0.25) is 0 Å². The summed E-state index contributed by atoms with van der Waals surface area (Å²) < 4.78 is 0. The molecule has 0 aliphatic heterocycles. The van der Waals surface area contributed by atoms with Gasteiger partial charge in [0.1, 0.15) is 0 Å². The van der Waals surface area contributed by atoms with E-state index in [2.05, 4.69) is 19.1 Å². The fourth-order valence-electron chi connectivity index (χ4n) is 2.04. The summed E-state index contributed by atoms with van der Waals surface area (Å²) in [6.07, 6.45) is 20.9. The van der Waals surface area contributed by atoms with E-state index in [1.807, 2.05) is 0 Å². The third-order valence-electron chi connectivity index (χ3n) is 3.22. The molecule has 0 aliphatic carbocycles. The molecule has 0 saturated heterocycles. The van der Waals surface area contributed by atoms with E-state index in [0.29, 0.717) is 0 Å². The molecule has 0 aromatic rings. The SMILES string of the molecule is CCCCCCC/C=C/CCCCCCCN. The number of hydrogen-bond acceptors (Lipinski definition) is 1. The molecule has 1 heteroatoms. The number of allylic oxidation sites excluding steroid dienone is 2. The van der Waals surface area contributed by atoms with Crippen molar-refractivity contribution < 1.29 is 0 Å². The van der Waals surface area contributed by atoms with E-state index in [0.717, 1.165) is 6.54 Å². The highest BCUT2D eigenvalue weighted by atomic mass is 14.5. The van der Waals surface area contributed by atoms with Crippen LogP contribution >= 0.6 is 0 Å². The van der Waals surface area contributed by atoms with Crippen LogP contribution in [0.5, 0.6) is 0 Å². The van der Waals surface area contributed by atoms with Gasteiger partial charge in [-0.25, -0.2) is 0 Å².